The van der Waals surface area contributed by atoms with Gasteiger partial charge in [-0.3, -0.25) is 16.8 Å². The predicted molar refractivity (Wildman–Crippen MR) is 20.9 cm³/mol. The average Bonchev–Trinajstić information content (AvgIpc) is 1.12. The first kappa shape index (κ1) is 23.2. The van der Waals surface area contributed by atoms with E-state index in [1.165, 1.54) is 0 Å². The molecular weight excluding hydrogens is 363 g/mol. The Kier molecular flexibility index (Phi) is 16.9. The molecule has 12 heavy (non-hydrogen) atoms. The SMILES string of the molecule is O=S(=O)([O-])[O-].O=S(=O)([O-])[O-].[Cd+2].[Co+2]. The summed E-state index contributed by atoms with van der Waals surface area (Å²) in [6.45, 7) is 0. The molecule has 0 aromatic carbocycles. The van der Waals surface area contributed by atoms with Gasteiger partial charge in [0.2, 0.25) is 0 Å². The normalized spacial score (nSPS) is 9.67. The van der Waals surface area contributed by atoms with E-state index in [2.05, 4.69) is 0 Å². The van der Waals surface area contributed by atoms with Crippen LogP contribution >= 0.6 is 0 Å². The monoisotopic (exact) mass is 365 g/mol. The maximum absolute atomic E-state index is 8.52. The summed E-state index contributed by atoms with van der Waals surface area (Å²) in [6.07, 6.45) is 0. The topological polar surface area (TPSA) is 161 Å². The van der Waals surface area contributed by atoms with Crippen molar-refractivity contribution in [2.24, 2.45) is 0 Å². The van der Waals surface area contributed by atoms with Gasteiger partial charge in [-0.15, -0.1) is 0 Å². The summed E-state index contributed by atoms with van der Waals surface area (Å²) in [4.78, 5) is 0. The second kappa shape index (κ2) is 8.75. The molecule has 0 fully saturated rings. The molecule has 0 aromatic heterocycles. The Morgan fingerprint density at radius 3 is 0.667 bits per heavy atom. The molecule has 71 valence electrons. The molecule has 0 aliphatic rings. The van der Waals surface area contributed by atoms with Crippen molar-refractivity contribution in [1.82, 2.24) is 0 Å². The summed E-state index contributed by atoms with van der Waals surface area (Å²) >= 11 is 0. The first-order valence-corrected chi connectivity index (χ1v) is 4.00. The van der Waals surface area contributed by atoms with Gasteiger partial charge in [-0.2, -0.15) is 0 Å². The summed E-state index contributed by atoms with van der Waals surface area (Å²) in [7, 11) is -10.3. The second-order valence-corrected chi connectivity index (χ2v) is 2.45. The molecule has 0 N–H and O–H groups in total. The Labute approximate surface area is 99.2 Å². The van der Waals surface area contributed by atoms with Gasteiger partial charge in [-0.1, -0.05) is 0 Å². The minimum atomic E-state index is -5.17. The number of hydrogen-bond donors (Lipinski definition) is 0. The van der Waals surface area contributed by atoms with Crippen LogP contribution in [-0.2, 0) is 64.9 Å². The minimum absolute atomic E-state index is 0. The number of rotatable bonds is 0. The van der Waals surface area contributed by atoms with Gasteiger partial charge in [-0.05, 0) is 0 Å². The van der Waals surface area contributed by atoms with Crippen LogP contribution < -0.4 is 0 Å². The molecule has 12 heteroatoms. The van der Waals surface area contributed by atoms with E-state index in [1.807, 2.05) is 0 Å². The predicted octanol–water partition coefficient (Wildman–Crippen LogP) is -2.68. The molecule has 0 rings (SSSR count). The zero-order valence-corrected chi connectivity index (χ0v) is 11.8. The summed E-state index contributed by atoms with van der Waals surface area (Å²) in [5.41, 5.74) is 0. The summed E-state index contributed by atoms with van der Waals surface area (Å²) in [5.74, 6) is 0. The van der Waals surface area contributed by atoms with E-state index in [1.54, 1.807) is 0 Å². The van der Waals surface area contributed by atoms with Crippen LogP contribution in [0.4, 0.5) is 0 Å². The zero-order chi connectivity index (χ0) is 9.00. The molecule has 0 bridgehead atoms. The molecule has 8 nitrogen and oxygen atoms in total. The first-order valence-electron chi connectivity index (χ1n) is 1.33. The van der Waals surface area contributed by atoms with Gasteiger partial charge in [0.1, 0.15) is 0 Å². The second-order valence-electron chi connectivity index (χ2n) is 0.816. The fourth-order valence-corrected chi connectivity index (χ4v) is 0. The molecule has 0 aliphatic heterocycles. The first-order chi connectivity index (χ1) is 4.00. The van der Waals surface area contributed by atoms with Crippen molar-refractivity contribution < 1.29 is 79.1 Å². The van der Waals surface area contributed by atoms with Gasteiger partial charge in [0, 0.05) is 20.8 Å². The minimum Gasteiger partial charge on any atom is -0.759 e. The van der Waals surface area contributed by atoms with Gasteiger partial charge in [-0.25, -0.2) is 0 Å². The molecule has 0 saturated heterocycles. The maximum Gasteiger partial charge on any atom is 2.00 e. The summed E-state index contributed by atoms with van der Waals surface area (Å²) in [6, 6.07) is 0. The Morgan fingerprint density at radius 1 is 0.667 bits per heavy atom. The van der Waals surface area contributed by atoms with E-state index in [4.69, 9.17) is 35.0 Å². The van der Waals surface area contributed by atoms with Crippen LogP contribution in [-0.4, -0.2) is 35.0 Å². The van der Waals surface area contributed by atoms with E-state index in [9.17, 15) is 0 Å². The van der Waals surface area contributed by atoms with Gasteiger partial charge >= 0.3 is 44.1 Å². The quantitative estimate of drug-likeness (QED) is 0.255. The molecule has 0 heterocycles. The largest absolute Gasteiger partial charge is 2.00 e. The van der Waals surface area contributed by atoms with Crippen molar-refractivity contribution in [3.8, 4) is 0 Å². The summed E-state index contributed by atoms with van der Waals surface area (Å²) < 4.78 is 68.2. The fraction of sp³-hybridized carbons (Fsp3) is 0. The van der Waals surface area contributed by atoms with E-state index in [0.717, 1.165) is 0 Å². The van der Waals surface area contributed by atoms with Crippen LogP contribution in [0, 0.1) is 0 Å². The van der Waals surface area contributed by atoms with E-state index in [-0.39, 0.29) is 44.1 Å². The van der Waals surface area contributed by atoms with Crippen molar-refractivity contribution in [3.05, 3.63) is 0 Å². The van der Waals surface area contributed by atoms with E-state index < -0.39 is 20.8 Å². The summed E-state index contributed by atoms with van der Waals surface area (Å²) in [5, 5.41) is 0. The van der Waals surface area contributed by atoms with Gasteiger partial charge in [0.05, 0.1) is 0 Å². The van der Waals surface area contributed by atoms with Crippen molar-refractivity contribution in [2.45, 2.75) is 0 Å². The molecule has 0 spiro atoms. The standard InChI is InChI=1S/Cd.Co.2H2O4S/c;;2*1-5(2,3)4/h;;2*(H2,1,2,3,4)/q2*+2;;/p-4. The van der Waals surface area contributed by atoms with Gasteiger partial charge < -0.3 is 18.2 Å². The molecule has 0 atom stereocenters. The zero-order valence-electron chi connectivity index (χ0n) is 5.12. The van der Waals surface area contributed by atoms with E-state index in [0.29, 0.717) is 0 Å². The Bertz CT molecular complexity index is 213. The Morgan fingerprint density at radius 2 is 0.667 bits per heavy atom. The third kappa shape index (κ3) is 846. The van der Waals surface area contributed by atoms with Crippen LogP contribution in [0.15, 0.2) is 0 Å². The van der Waals surface area contributed by atoms with Crippen LogP contribution in [0.25, 0.3) is 0 Å². The van der Waals surface area contributed by atoms with Crippen LogP contribution in [0.3, 0.4) is 0 Å². The fourth-order valence-electron chi connectivity index (χ4n) is 0. The molecule has 0 aliphatic carbocycles. The molecular formula is CdCoO8S2. The van der Waals surface area contributed by atoms with Crippen molar-refractivity contribution in [3.63, 3.8) is 0 Å². The van der Waals surface area contributed by atoms with Crippen molar-refractivity contribution >= 4 is 20.8 Å². The smallest absolute Gasteiger partial charge is 0.759 e. The van der Waals surface area contributed by atoms with Crippen LogP contribution in [0.1, 0.15) is 0 Å². The molecule has 0 saturated carbocycles. The Hall–Kier alpha value is 1.17. The third-order valence-corrected chi connectivity index (χ3v) is 0. The van der Waals surface area contributed by atoms with E-state index >= 15 is 0 Å². The number of hydrogen-bond acceptors (Lipinski definition) is 8. The maximum atomic E-state index is 8.52. The molecule has 0 unspecified atom stereocenters. The average molecular weight is 363 g/mol. The molecule has 0 aromatic rings. The molecule has 0 amide bonds. The van der Waals surface area contributed by atoms with Gasteiger partial charge in [0.15, 0.2) is 0 Å². The Balaban J connectivity index is -0.0000000457. The van der Waals surface area contributed by atoms with Crippen molar-refractivity contribution in [1.29, 1.82) is 0 Å². The van der Waals surface area contributed by atoms with Crippen molar-refractivity contribution in [2.75, 3.05) is 0 Å². The van der Waals surface area contributed by atoms with Gasteiger partial charge in [0.25, 0.3) is 0 Å². The van der Waals surface area contributed by atoms with Crippen LogP contribution in [0.2, 0.25) is 0 Å². The molecule has 1 radical (unpaired) electrons. The third-order valence-electron chi connectivity index (χ3n) is 0. The van der Waals surface area contributed by atoms with Crippen LogP contribution in [0.5, 0.6) is 0 Å².